The largest absolute Gasteiger partial charge is 0.396 e. The van der Waals surface area contributed by atoms with Crippen LogP contribution in [0.5, 0.6) is 0 Å². The monoisotopic (exact) mass is 322 g/mol. The van der Waals surface area contributed by atoms with E-state index in [4.69, 9.17) is 5.11 Å². The minimum Gasteiger partial charge on any atom is -0.396 e. The van der Waals surface area contributed by atoms with Gasteiger partial charge in [-0.3, -0.25) is 0 Å². The second kappa shape index (κ2) is 15.3. The molecule has 2 heteroatoms. The van der Waals surface area contributed by atoms with Crippen molar-refractivity contribution in [3.8, 4) is 0 Å². The fourth-order valence-electron chi connectivity index (χ4n) is 3.32. The van der Waals surface area contributed by atoms with Gasteiger partial charge in [-0.2, -0.15) is 0 Å². The maximum absolute atomic E-state index is 8.73. The van der Waals surface area contributed by atoms with Crippen LogP contribution in [0.2, 0.25) is 24.2 Å². The van der Waals surface area contributed by atoms with Gasteiger partial charge in [0.1, 0.15) is 0 Å². The van der Waals surface area contributed by atoms with E-state index in [2.05, 4.69) is 38.0 Å². The molecule has 0 fully saturated rings. The molecule has 0 aromatic heterocycles. The number of aliphatic hydroxyl groups is 1. The van der Waals surface area contributed by atoms with E-state index in [9.17, 15) is 0 Å². The Kier molecular flexibility index (Phi) is 14.9. The van der Waals surface area contributed by atoms with Gasteiger partial charge in [-0.25, -0.2) is 0 Å². The lowest BCUT2D eigenvalue weighted by molar-refractivity contribution is 0.282. The molecule has 0 saturated heterocycles. The molecule has 0 bridgehead atoms. The van der Waals surface area contributed by atoms with Crippen molar-refractivity contribution in [2.75, 3.05) is 6.61 Å². The van der Waals surface area contributed by atoms with Crippen molar-refractivity contribution >= 4 is 8.07 Å². The molecule has 0 spiro atoms. The van der Waals surface area contributed by atoms with Gasteiger partial charge in [0, 0.05) is 6.61 Å². The Bertz CT molecular complexity index is 259. The van der Waals surface area contributed by atoms with Crippen molar-refractivity contribution in [1.82, 2.24) is 0 Å². The van der Waals surface area contributed by atoms with Gasteiger partial charge in [0.2, 0.25) is 0 Å². The van der Waals surface area contributed by atoms with E-state index in [0.717, 1.165) is 6.42 Å². The molecule has 0 heterocycles. The molecule has 0 aliphatic carbocycles. The first-order valence-corrected chi connectivity index (χ1v) is 12.0. The SMILES string of the molecule is C=CC[Si](CC=C)(CC=C)CCCCCCCCCCCO. The standard InChI is InChI=1S/C20H38OSi/c1-4-17-22(18-5-2,19-6-3)20-15-13-11-9-7-8-10-12-14-16-21/h4-6,21H,1-3,7-20H2. The zero-order valence-corrected chi connectivity index (χ0v) is 15.7. The van der Waals surface area contributed by atoms with Crippen LogP contribution in [-0.4, -0.2) is 19.8 Å². The molecule has 1 nitrogen and oxygen atoms in total. The molecular weight excluding hydrogens is 284 g/mol. The molecule has 0 aliphatic heterocycles. The molecular formula is C20H38OSi. The van der Waals surface area contributed by atoms with Crippen LogP contribution >= 0.6 is 0 Å². The first-order valence-electron chi connectivity index (χ1n) is 9.18. The summed E-state index contributed by atoms with van der Waals surface area (Å²) in [6.45, 7) is 12.2. The summed E-state index contributed by atoms with van der Waals surface area (Å²) in [5.41, 5.74) is 0. The molecule has 128 valence electrons. The Labute approximate surface area is 140 Å². The van der Waals surface area contributed by atoms with Crippen LogP contribution < -0.4 is 0 Å². The molecule has 0 radical (unpaired) electrons. The Balaban J connectivity index is 3.77. The smallest absolute Gasteiger partial charge is 0.0648 e. The molecule has 0 rings (SSSR count). The summed E-state index contributed by atoms with van der Waals surface area (Å²) in [6, 6.07) is 5.01. The van der Waals surface area contributed by atoms with Gasteiger partial charge >= 0.3 is 0 Å². The first kappa shape index (κ1) is 21.4. The fourth-order valence-corrected chi connectivity index (χ4v) is 7.27. The van der Waals surface area contributed by atoms with E-state index in [1.165, 1.54) is 75.5 Å². The molecule has 0 aromatic carbocycles. The molecule has 1 N–H and O–H groups in total. The average Bonchev–Trinajstić information content (AvgIpc) is 2.50. The van der Waals surface area contributed by atoms with Gasteiger partial charge in [-0.05, 0) is 24.6 Å². The van der Waals surface area contributed by atoms with Gasteiger partial charge in [0.05, 0.1) is 8.07 Å². The average molecular weight is 323 g/mol. The predicted octanol–water partition coefficient (Wildman–Crippen LogP) is 6.50. The summed E-state index contributed by atoms with van der Waals surface area (Å²) in [5, 5.41) is 8.73. The summed E-state index contributed by atoms with van der Waals surface area (Å²) in [6.07, 6.45) is 18.0. The molecule has 0 amide bonds. The van der Waals surface area contributed by atoms with Gasteiger partial charge in [-0.1, -0.05) is 75.6 Å². The lowest BCUT2D eigenvalue weighted by atomic mass is 10.1. The van der Waals surface area contributed by atoms with E-state index in [1.807, 2.05) is 0 Å². The predicted molar refractivity (Wildman–Crippen MR) is 104 cm³/mol. The highest BCUT2D eigenvalue weighted by Gasteiger charge is 2.27. The molecule has 22 heavy (non-hydrogen) atoms. The van der Waals surface area contributed by atoms with Crippen LogP contribution in [-0.2, 0) is 0 Å². The maximum atomic E-state index is 8.73. The van der Waals surface area contributed by atoms with Gasteiger partial charge in [-0.15, -0.1) is 19.7 Å². The highest BCUT2D eigenvalue weighted by atomic mass is 28.3. The van der Waals surface area contributed by atoms with E-state index < -0.39 is 8.07 Å². The number of hydrogen-bond donors (Lipinski definition) is 1. The zero-order valence-electron chi connectivity index (χ0n) is 14.7. The minimum atomic E-state index is -1.26. The van der Waals surface area contributed by atoms with Crippen molar-refractivity contribution in [1.29, 1.82) is 0 Å². The molecule has 0 aromatic rings. The molecule has 0 saturated carbocycles. The van der Waals surface area contributed by atoms with E-state index in [1.54, 1.807) is 0 Å². The van der Waals surface area contributed by atoms with Crippen molar-refractivity contribution in [3.05, 3.63) is 38.0 Å². The molecule has 0 aliphatic rings. The maximum Gasteiger partial charge on any atom is 0.0648 e. The summed E-state index contributed by atoms with van der Waals surface area (Å²) < 4.78 is 0. The summed E-state index contributed by atoms with van der Waals surface area (Å²) in [5.74, 6) is 0. The topological polar surface area (TPSA) is 20.2 Å². The van der Waals surface area contributed by atoms with Crippen LogP contribution in [0.3, 0.4) is 0 Å². The Morgan fingerprint density at radius 3 is 1.32 bits per heavy atom. The quantitative estimate of drug-likeness (QED) is 0.184. The van der Waals surface area contributed by atoms with Crippen LogP contribution in [0, 0.1) is 0 Å². The molecule has 0 atom stereocenters. The van der Waals surface area contributed by atoms with Gasteiger partial charge in [0.15, 0.2) is 0 Å². The second-order valence-corrected chi connectivity index (χ2v) is 11.4. The lowest BCUT2D eigenvalue weighted by Gasteiger charge is -2.28. The molecule has 0 unspecified atom stereocenters. The number of aliphatic hydroxyl groups excluding tert-OH is 1. The number of hydrogen-bond acceptors (Lipinski definition) is 1. The van der Waals surface area contributed by atoms with Crippen LogP contribution in [0.4, 0.5) is 0 Å². The van der Waals surface area contributed by atoms with E-state index in [-0.39, 0.29) is 0 Å². The van der Waals surface area contributed by atoms with Crippen molar-refractivity contribution in [3.63, 3.8) is 0 Å². The summed E-state index contributed by atoms with van der Waals surface area (Å²) in [4.78, 5) is 0. The number of rotatable bonds is 17. The highest BCUT2D eigenvalue weighted by molar-refractivity contribution is 6.81. The number of unbranched alkanes of at least 4 members (excludes halogenated alkanes) is 8. The van der Waals surface area contributed by atoms with Crippen molar-refractivity contribution < 1.29 is 5.11 Å². The van der Waals surface area contributed by atoms with Crippen LogP contribution in [0.15, 0.2) is 38.0 Å². The Morgan fingerprint density at radius 1 is 0.591 bits per heavy atom. The van der Waals surface area contributed by atoms with Gasteiger partial charge < -0.3 is 5.11 Å². The normalized spacial score (nSPS) is 11.3. The van der Waals surface area contributed by atoms with E-state index in [0.29, 0.717) is 6.61 Å². The third-order valence-electron chi connectivity index (χ3n) is 4.60. The summed E-state index contributed by atoms with van der Waals surface area (Å²) in [7, 11) is -1.26. The first-order chi connectivity index (χ1) is 10.7. The lowest BCUT2D eigenvalue weighted by Crippen LogP contribution is -2.31. The van der Waals surface area contributed by atoms with Crippen molar-refractivity contribution in [2.24, 2.45) is 0 Å². The van der Waals surface area contributed by atoms with Crippen LogP contribution in [0.1, 0.15) is 57.8 Å². The van der Waals surface area contributed by atoms with Gasteiger partial charge in [0.25, 0.3) is 0 Å². The zero-order chi connectivity index (χ0) is 16.5. The van der Waals surface area contributed by atoms with Crippen molar-refractivity contribution in [2.45, 2.75) is 82.0 Å². The summed E-state index contributed by atoms with van der Waals surface area (Å²) >= 11 is 0. The van der Waals surface area contributed by atoms with Crippen LogP contribution in [0.25, 0.3) is 0 Å². The third-order valence-corrected chi connectivity index (χ3v) is 9.48. The van der Waals surface area contributed by atoms with E-state index >= 15 is 0 Å². The Morgan fingerprint density at radius 2 is 0.955 bits per heavy atom. The third kappa shape index (κ3) is 11.0. The Hall–Kier alpha value is -0.603. The fraction of sp³-hybridized carbons (Fsp3) is 0.700. The highest BCUT2D eigenvalue weighted by Crippen LogP contribution is 2.29. The number of allylic oxidation sites excluding steroid dienone is 3. The second-order valence-electron chi connectivity index (χ2n) is 6.63. The minimum absolute atomic E-state index is 0.353.